The van der Waals surface area contributed by atoms with Crippen molar-refractivity contribution in [1.29, 1.82) is 0 Å². The summed E-state index contributed by atoms with van der Waals surface area (Å²) in [5.41, 5.74) is 5.46. The first-order valence-electron chi connectivity index (χ1n) is 9.09. The van der Waals surface area contributed by atoms with Gasteiger partial charge in [-0.15, -0.1) is 0 Å². The lowest BCUT2D eigenvalue weighted by Crippen LogP contribution is -2.50. The molecule has 1 aliphatic carbocycles. The number of rotatable bonds is 6. The molecule has 1 saturated carbocycles. The van der Waals surface area contributed by atoms with Crippen LogP contribution in [-0.2, 0) is 14.4 Å². The summed E-state index contributed by atoms with van der Waals surface area (Å²) in [5.74, 6) is -0.0799. The number of amides is 3. The van der Waals surface area contributed by atoms with Crippen LogP contribution in [0.2, 0.25) is 0 Å². The molecule has 1 heterocycles. The Bertz CT molecular complexity index is 461. The summed E-state index contributed by atoms with van der Waals surface area (Å²) in [4.78, 5) is 37.8. The van der Waals surface area contributed by atoms with Crippen molar-refractivity contribution in [2.24, 2.45) is 11.7 Å². The number of hydrogen-bond donors (Lipinski definition) is 3. The molecule has 1 saturated heterocycles. The molecule has 0 bridgehead atoms. The Labute approximate surface area is 143 Å². The molecule has 24 heavy (non-hydrogen) atoms. The van der Waals surface area contributed by atoms with Crippen LogP contribution in [0.4, 0.5) is 0 Å². The molecule has 2 atom stereocenters. The fraction of sp³-hybridized carbons (Fsp3) is 0.824. The summed E-state index contributed by atoms with van der Waals surface area (Å²) in [7, 11) is 0. The number of hydrogen-bond acceptors (Lipinski definition) is 4. The maximum atomic E-state index is 12.4. The summed E-state index contributed by atoms with van der Waals surface area (Å²) < 4.78 is 0. The number of carbonyl (C=O) groups is 3. The number of nitrogens with zero attached hydrogens (tertiary/aromatic N) is 1. The van der Waals surface area contributed by atoms with E-state index in [0.29, 0.717) is 25.4 Å². The zero-order valence-electron chi connectivity index (χ0n) is 14.6. The van der Waals surface area contributed by atoms with E-state index in [1.54, 1.807) is 11.8 Å². The Balaban J connectivity index is 1.79. The van der Waals surface area contributed by atoms with Gasteiger partial charge in [-0.25, -0.2) is 0 Å². The molecule has 0 aromatic heterocycles. The standard InChI is InChI=1S/C17H30N4O3/c1-12(18)16(23)20-11-15(22)21-9-5-8-14(21)17(24)19-10-13-6-3-2-4-7-13/h12-14H,2-11,18H2,1H3,(H,19,24)(H,20,23). The first-order valence-corrected chi connectivity index (χ1v) is 9.09. The van der Waals surface area contributed by atoms with Crippen LogP contribution in [0.15, 0.2) is 0 Å². The van der Waals surface area contributed by atoms with Crippen molar-refractivity contribution >= 4 is 17.7 Å². The van der Waals surface area contributed by atoms with E-state index in [2.05, 4.69) is 10.6 Å². The van der Waals surface area contributed by atoms with E-state index >= 15 is 0 Å². The van der Waals surface area contributed by atoms with E-state index in [4.69, 9.17) is 5.73 Å². The summed E-state index contributed by atoms with van der Waals surface area (Å²) in [6.07, 6.45) is 7.63. The van der Waals surface area contributed by atoms with Gasteiger partial charge in [0.05, 0.1) is 12.6 Å². The third-order valence-electron chi connectivity index (χ3n) is 4.99. The van der Waals surface area contributed by atoms with E-state index < -0.39 is 12.1 Å². The Morgan fingerprint density at radius 2 is 1.79 bits per heavy atom. The summed E-state index contributed by atoms with van der Waals surface area (Å²) >= 11 is 0. The van der Waals surface area contributed by atoms with Crippen LogP contribution < -0.4 is 16.4 Å². The molecular weight excluding hydrogens is 308 g/mol. The van der Waals surface area contributed by atoms with E-state index in [9.17, 15) is 14.4 Å². The third-order valence-corrected chi connectivity index (χ3v) is 4.99. The fourth-order valence-electron chi connectivity index (χ4n) is 3.52. The van der Waals surface area contributed by atoms with Gasteiger partial charge >= 0.3 is 0 Å². The number of likely N-dealkylation sites (tertiary alicyclic amines) is 1. The smallest absolute Gasteiger partial charge is 0.242 e. The molecule has 4 N–H and O–H groups in total. The molecule has 2 aliphatic rings. The highest BCUT2D eigenvalue weighted by Gasteiger charge is 2.34. The largest absolute Gasteiger partial charge is 0.354 e. The Kier molecular flexibility index (Phi) is 7.02. The number of carbonyl (C=O) groups excluding carboxylic acids is 3. The normalized spacial score (nSPS) is 22.9. The van der Waals surface area contributed by atoms with Crippen LogP contribution in [0.3, 0.4) is 0 Å². The highest BCUT2D eigenvalue weighted by molar-refractivity contribution is 5.91. The van der Waals surface area contributed by atoms with Gasteiger partial charge in [0.2, 0.25) is 17.7 Å². The quantitative estimate of drug-likeness (QED) is 0.640. The average molecular weight is 338 g/mol. The van der Waals surface area contributed by atoms with E-state index in [1.165, 1.54) is 32.1 Å². The molecule has 2 fully saturated rings. The lowest BCUT2D eigenvalue weighted by atomic mass is 9.89. The number of nitrogens with one attached hydrogen (secondary N) is 2. The second-order valence-electron chi connectivity index (χ2n) is 7.00. The predicted octanol–water partition coefficient (Wildman–Crippen LogP) is 0.137. The van der Waals surface area contributed by atoms with Crippen LogP contribution in [0.25, 0.3) is 0 Å². The molecule has 0 radical (unpaired) electrons. The topological polar surface area (TPSA) is 105 Å². The van der Waals surface area contributed by atoms with Crippen LogP contribution in [0.5, 0.6) is 0 Å². The van der Waals surface area contributed by atoms with Crippen molar-refractivity contribution in [3.05, 3.63) is 0 Å². The Hall–Kier alpha value is -1.63. The molecule has 136 valence electrons. The van der Waals surface area contributed by atoms with E-state index in [1.807, 2.05) is 0 Å². The first kappa shape index (κ1) is 18.7. The van der Waals surface area contributed by atoms with Crippen molar-refractivity contribution in [2.45, 2.75) is 64.0 Å². The van der Waals surface area contributed by atoms with Gasteiger partial charge in [-0.1, -0.05) is 19.3 Å². The number of nitrogens with two attached hydrogens (primary N) is 1. The van der Waals surface area contributed by atoms with Crippen LogP contribution >= 0.6 is 0 Å². The minimum atomic E-state index is -0.647. The molecule has 2 rings (SSSR count). The third kappa shape index (κ3) is 5.19. The second kappa shape index (κ2) is 9.01. The molecule has 7 nitrogen and oxygen atoms in total. The van der Waals surface area contributed by atoms with Crippen molar-refractivity contribution < 1.29 is 14.4 Å². The van der Waals surface area contributed by atoms with Gasteiger partial charge in [0, 0.05) is 13.1 Å². The van der Waals surface area contributed by atoms with Gasteiger partial charge in [-0.3, -0.25) is 14.4 Å². The van der Waals surface area contributed by atoms with Crippen molar-refractivity contribution in [1.82, 2.24) is 15.5 Å². The minimum Gasteiger partial charge on any atom is -0.354 e. The van der Waals surface area contributed by atoms with Gasteiger partial charge in [0.1, 0.15) is 6.04 Å². The maximum Gasteiger partial charge on any atom is 0.242 e. The monoisotopic (exact) mass is 338 g/mol. The van der Waals surface area contributed by atoms with Gasteiger partial charge in [0.15, 0.2) is 0 Å². The van der Waals surface area contributed by atoms with Crippen molar-refractivity contribution in [3.63, 3.8) is 0 Å². The molecule has 1 aliphatic heterocycles. The molecule has 2 unspecified atom stereocenters. The highest BCUT2D eigenvalue weighted by Crippen LogP contribution is 2.23. The van der Waals surface area contributed by atoms with Gasteiger partial charge in [-0.05, 0) is 38.5 Å². The lowest BCUT2D eigenvalue weighted by Gasteiger charge is -2.26. The fourth-order valence-corrected chi connectivity index (χ4v) is 3.52. The zero-order valence-corrected chi connectivity index (χ0v) is 14.6. The lowest BCUT2D eigenvalue weighted by molar-refractivity contribution is -0.138. The van der Waals surface area contributed by atoms with Gasteiger partial charge in [-0.2, -0.15) is 0 Å². The molecular formula is C17H30N4O3. The molecule has 0 aromatic rings. The maximum absolute atomic E-state index is 12.4. The average Bonchev–Trinajstić information content (AvgIpc) is 3.08. The molecule has 0 aromatic carbocycles. The summed E-state index contributed by atoms with van der Waals surface area (Å²) in [5, 5.41) is 5.54. The Morgan fingerprint density at radius 3 is 2.46 bits per heavy atom. The van der Waals surface area contributed by atoms with E-state index in [-0.39, 0.29) is 24.3 Å². The van der Waals surface area contributed by atoms with E-state index in [0.717, 1.165) is 6.42 Å². The zero-order chi connectivity index (χ0) is 17.5. The molecule has 3 amide bonds. The van der Waals surface area contributed by atoms with Crippen LogP contribution in [-0.4, -0.2) is 54.3 Å². The highest BCUT2D eigenvalue weighted by atomic mass is 16.2. The second-order valence-corrected chi connectivity index (χ2v) is 7.00. The van der Waals surface area contributed by atoms with Gasteiger partial charge < -0.3 is 21.3 Å². The van der Waals surface area contributed by atoms with Crippen molar-refractivity contribution in [3.8, 4) is 0 Å². The van der Waals surface area contributed by atoms with Crippen LogP contribution in [0.1, 0.15) is 51.9 Å². The summed E-state index contributed by atoms with van der Waals surface area (Å²) in [6.45, 7) is 2.73. The predicted molar refractivity (Wildman–Crippen MR) is 91.0 cm³/mol. The first-order chi connectivity index (χ1) is 11.5. The minimum absolute atomic E-state index is 0.0649. The van der Waals surface area contributed by atoms with Gasteiger partial charge in [0.25, 0.3) is 0 Å². The molecule has 7 heteroatoms. The SMILES string of the molecule is CC(N)C(=O)NCC(=O)N1CCCC1C(=O)NCC1CCCCC1. The van der Waals surface area contributed by atoms with Crippen LogP contribution in [0, 0.1) is 5.92 Å². The molecule has 0 spiro atoms. The Morgan fingerprint density at radius 1 is 1.08 bits per heavy atom. The summed E-state index contributed by atoms with van der Waals surface area (Å²) in [6, 6.07) is -1.06. The van der Waals surface area contributed by atoms with Crippen molar-refractivity contribution in [2.75, 3.05) is 19.6 Å².